The van der Waals surface area contributed by atoms with Crippen LogP contribution in [-0.2, 0) is 0 Å². The van der Waals surface area contributed by atoms with Crippen molar-refractivity contribution in [1.29, 1.82) is 0 Å². The van der Waals surface area contributed by atoms with Crippen molar-refractivity contribution in [3.8, 4) is 5.75 Å². The van der Waals surface area contributed by atoms with Crippen LogP contribution in [0.5, 0.6) is 5.75 Å². The quantitative estimate of drug-likeness (QED) is 0.732. The van der Waals surface area contributed by atoms with Crippen molar-refractivity contribution < 1.29 is 4.74 Å². The molecule has 0 fully saturated rings. The number of fused-ring (bicyclic) bond motifs is 1. The summed E-state index contributed by atoms with van der Waals surface area (Å²) in [7, 11) is 1.65. The van der Waals surface area contributed by atoms with Gasteiger partial charge in [0.25, 0.3) is 0 Å². The van der Waals surface area contributed by atoms with Crippen LogP contribution in [0.3, 0.4) is 0 Å². The second-order valence-electron chi connectivity index (χ2n) is 3.24. The van der Waals surface area contributed by atoms with Gasteiger partial charge in [0.15, 0.2) is 0 Å². The lowest BCUT2D eigenvalue weighted by Crippen LogP contribution is -2.27. The molecule has 1 aliphatic heterocycles. The summed E-state index contributed by atoms with van der Waals surface area (Å²) in [6, 6.07) is 5.83. The molecule has 0 aliphatic carbocycles. The Morgan fingerprint density at radius 3 is 2.60 bits per heavy atom. The van der Waals surface area contributed by atoms with Crippen LogP contribution < -0.4 is 4.74 Å². The Morgan fingerprint density at radius 2 is 2.00 bits per heavy atom. The van der Waals surface area contributed by atoms with Gasteiger partial charge in [-0.1, -0.05) is 36.6 Å². The molecule has 4 heteroatoms. The van der Waals surface area contributed by atoms with E-state index in [1.807, 2.05) is 30.0 Å². The smallest absolute Gasteiger partial charge is 0.129 e. The second kappa shape index (κ2) is 3.87. The molecule has 1 heterocycles. The number of ether oxygens (including phenoxy) is 1. The minimum Gasteiger partial charge on any atom is -0.496 e. The van der Waals surface area contributed by atoms with E-state index in [-0.39, 0.29) is 0 Å². The summed E-state index contributed by atoms with van der Waals surface area (Å²) in [6.07, 6.45) is 0. The Hall–Kier alpha value is -1.000. The first kappa shape index (κ1) is 10.5. The molecule has 15 heavy (non-hydrogen) atoms. The minimum absolute atomic E-state index is 0.773. The zero-order chi connectivity index (χ0) is 11.0. The molecule has 1 aromatic carbocycles. The molecule has 1 aliphatic rings. The van der Waals surface area contributed by atoms with E-state index in [1.165, 1.54) is 0 Å². The summed E-state index contributed by atoms with van der Waals surface area (Å²) in [5.74, 6) is 0.802. The van der Waals surface area contributed by atoms with E-state index in [0.717, 1.165) is 33.4 Å². The molecule has 0 saturated carbocycles. The standard InChI is InChI=1S/C11H11NOS2/c1-3-12-10(14)7-5-4-6-8(13-2)9(7)11(12)15/h4-6H,3H2,1-2H3. The number of thiocarbonyl (C=S) groups is 2. The van der Waals surface area contributed by atoms with Gasteiger partial charge in [-0.15, -0.1) is 0 Å². The van der Waals surface area contributed by atoms with Crippen molar-refractivity contribution in [3.05, 3.63) is 29.3 Å². The first-order valence-corrected chi connectivity index (χ1v) is 5.55. The fourth-order valence-electron chi connectivity index (χ4n) is 1.76. The van der Waals surface area contributed by atoms with Gasteiger partial charge in [0.2, 0.25) is 0 Å². The third-order valence-electron chi connectivity index (χ3n) is 2.50. The van der Waals surface area contributed by atoms with Gasteiger partial charge < -0.3 is 9.64 Å². The summed E-state index contributed by atoms with van der Waals surface area (Å²) in [5.41, 5.74) is 1.97. The van der Waals surface area contributed by atoms with Crippen molar-refractivity contribution in [3.63, 3.8) is 0 Å². The van der Waals surface area contributed by atoms with Gasteiger partial charge in [0.05, 0.1) is 12.7 Å². The van der Waals surface area contributed by atoms with Gasteiger partial charge >= 0.3 is 0 Å². The van der Waals surface area contributed by atoms with Crippen molar-refractivity contribution in [2.45, 2.75) is 6.92 Å². The monoisotopic (exact) mass is 237 g/mol. The predicted molar refractivity (Wildman–Crippen MR) is 68.8 cm³/mol. The highest BCUT2D eigenvalue weighted by atomic mass is 32.1. The first-order chi connectivity index (χ1) is 7.20. The van der Waals surface area contributed by atoms with Crippen LogP contribution in [0.4, 0.5) is 0 Å². The number of hydrogen-bond donors (Lipinski definition) is 0. The Bertz CT molecular complexity index is 442. The van der Waals surface area contributed by atoms with E-state index >= 15 is 0 Å². The van der Waals surface area contributed by atoms with Crippen molar-refractivity contribution in [2.75, 3.05) is 13.7 Å². The molecule has 0 saturated heterocycles. The van der Waals surface area contributed by atoms with Gasteiger partial charge in [-0.2, -0.15) is 0 Å². The summed E-state index contributed by atoms with van der Waals surface area (Å²) >= 11 is 10.7. The molecule has 0 spiro atoms. The van der Waals surface area contributed by atoms with Crippen LogP contribution >= 0.6 is 24.4 Å². The number of hydrogen-bond acceptors (Lipinski definition) is 3. The molecule has 0 amide bonds. The summed E-state index contributed by atoms with van der Waals surface area (Å²) in [4.78, 5) is 3.53. The zero-order valence-corrected chi connectivity index (χ0v) is 10.2. The molecule has 2 rings (SSSR count). The van der Waals surface area contributed by atoms with E-state index < -0.39 is 0 Å². The molecule has 0 unspecified atom stereocenters. The molecule has 0 aromatic heterocycles. The second-order valence-corrected chi connectivity index (χ2v) is 4.01. The highest BCUT2D eigenvalue weighted by Gasteiger charge is 2.30. The van der Waals surface area contributed by atoms with E-state index in [2.05, 4.69) is 0 Å². The van der Waals surface area contributed by atoms with Crippen LogP contribution in [0.2, 0.25) is 0 Å². The highest BCUT2D eigenvalue weighted by Crippen LogP contribution is 2.31. The molecule has 0 bridgehead atoms. The predicted octanol–water partition coefficient (Wildman–Crippen LogP) is 2.38. The van der Waals surface area contributed by atoms with E-state index in [0.29, 0.717) is 0 Å². The lowest BCUT2D eigenvalue weighted by molar-refractivity contribution is 0.414. The van der Waals surface area contributed by atoms with Crippen LogP contribution in [0, 0.1) is 0 Å². The Morgan fingerprint density at radius 1 is 1.27 bits per heavy atom. The van der Waals surface area contributed by atoms with Gasteiger partial charge in [-0.25, -0.2) is 0 Å². The maximum Gasteiger partial charge on any atom is 0.129 e. The van der Waals surface area contributed by atoms with E-state index in [9.17, 15) is 0 Å². The lowest BCUT2D eigenvalue weighted by atomic mass is 10.1. The minimum atomic E-state index is 0.773. The van der Waals surface area contributed by atoms with Crippen molar-refractivity contribution >= 4 is 34.4 Å². The Balaban J connectivity index is 2.62. The van der Waals surface area contributed by atoms with Crippen LogP contribution in [0.15, 0.2) is 18.2 Å². The molecular weight excluding hydrogens is 226 g/mol. The Labute approximate surface area is 99.8 Å². The van der Waals surface area contributed by atoms with Gasteiger partial charge in [0, 0.05) is 12.1 Å². The molecule has 0 radical (unpaired) electrons. The lowest BCUT2D eigenvalue weighted by Gasteiger charge is -2.14. The third kappa shape index (κ3) is 1.44. The van der Waals surface area contributed by atoms with Crippen LogP contribution in [-0.4, -0.2) is 28.5 Å². The number of nitrogens with zero attached hydrogens (tertiary/aromatic N) is 1. The van der Waals surface area contributed by atoms with Crippen LogP contribution in [0.25, 0.3) is 0 Å². The summed E-state index contributed by atoms with van der Waals surface area (Å²) in [6.45, 7) is 2.84. The zero-order valence-electron chi connectivity index (χ0n) is 8.61. The maximum absolute atomic E-state index is 5.38. The largest absolute Gasteiger partial charge is 0.496 e. The number of rotatable bonds is 2. The van der Waals surface area contributed by atoms with E-state index in [1.54, 1.807) is 7.11 Å². The fourth-order valence-corrected chi connectivity index (χ4v) is 2.64. The maximum atomic E-state index is 5.38. The average Bonchev–Trinajstić information content (AvgIpc) is 2.51. The third-order valence-corrected chi connectivity index (χ3v) is 3.36. The SMILES string of the molecule is CCN1C(=S)c2cccc(OC)c2C1=S. The average molecular weight is 237 g/mol. The normalized spacial score (nSPS) is 14.4. The van der Waals surface area contributed by atoms with Crippen molar-refractivity contribution in [1.82, 2.24) is 4.90 Å². The number of methoxy groups -OCH3 is 1. The van der Waals surface area contributed by atoms with Crippen molar-refractivity contribution in [2.24, 2.45) is 0 Å². The summed E-state index contributed by atoms with van der Waals surface area (Å²) < 4.78 is 5.29. The molecule has 1 aromatic rings. The Kier molecular flexibility index (Phi) is 2.71. The molecule has 2 nitrogen and oxygen atoms in total. The number of benzene rings is 1. The van der Waals surface area contributed by atoms with Gasteiger partial charge in [0.1, 0.15) is 15.7 Å². The highest BCUT2D eigenvalue weighted by molar-refractivity contribution is 7.82. The summed E-state index contributed by atoms with van der Waals surface area (Å²) in [5, 5.41) is 0. The van der Waals surface area contributed by atoms with E-state index in [4.69, 9.17) is 29.2 Å². The van der Waals surface area contributed by atoms with Crippen LogP contribution in [0.1, 0.15) is 18.1 Å². The first-order valence-electron chi connectivity index (χ1n) is 4.74. The molecule has 0 atom stereocenters. The fraction of sp³-hybridized carbons (Fsp3) is 0.273. The molecule has 0 N–H and O–H groups in total. The molecule has 78 valence electrons. The van der Waals surface area contributed by atoms with Gasteiger partial charge in [-0.3, -0.25) is 0 Å². The topological polar surface area (TPSA) is 12.5 Å². The molecular formula is C11H11NOS2. The van der Waals surface area contributed by atoms with Gasteiger partial charge in [-0.05, 0) is 13.0 Å².